The van der Waals surface area contributed by atoms with Gasteiger partial charge in [0.05, 0.1) is 35.6 Å². The Kier molecular flexibility index (Phi) is 4.76. The van der Waals surface area contributed by atoms with E-state index in [1.807, 2.05) is 42.5 Å². The van der Waals surface area contributed by atoms with Gasteiger partial charge in [0.15, 0.2) is 5.78 Å². The molecule has 1 aromatic carbocycles. The molecule has 0 radical (unpaired) electrons. The van der Waals surface area contributed by atoms with Crippen molar-refractivity contribution in [3.63, 3.8) is 0 Å². The van der Waals surface area contributed by atoms with E-state index in [0.29, 0.717) is 29.1 Å². The van der Waals surface area contributed by atoms with Crippen LogP contribution in [0.4, 0.5) is 11.4 Å². The minimum atomic E-state index is -0.218. The number of para-hydroxylation sites is 1. The molecule has 7 nitrogen and oxygen atoms in total. The van der Waals surface area contributed by atoms with Crippen LogP contribution in [-0.2, 0) is 6.54 Å². The number of rotatable bonds is 4. The van der Waals surface area contributed by atoms with Crippen LogP contribution in [0, 0.1) is 0 Å². The average molecular weight is 409 g/mol. The van der Waals surface area contributed by atoms with Crippen LogP contribution in [-0.4, -0.2) is 38.1 Å². The Balaban J connectivity index is 1.56. The Morgan fingerprint density at radius 1 is 0.935 bits per heavy atom. The molecule has 7 heteroatoms. The number of nitrogens with one attached hydrogen (secondary N) is 2. The molecule has 0 fully saturated rings. The summed E-state index contributed by atoms with van der Waals surface area (Å²) in [6.07, 6.45) is 6.55. The number of fused-ring (bicyclic) bond motifs is 1. The molecule has 152 valence electrons. The van der Waals surface area contributed by atoms with Crippen LogP contribution in [0.5, 0.6) is 0 Å². The molecule has 31 heavy (non-hydrogen) atoms. The highest BCUT2D eigenvalue weighted by Gasteiger charge is 2.33. The van der Waals surface area contributed by atoms with Crippen LogP contribution in [0.1, 0.15) is 26.4 Å². The van der Waals surface area contributed by atoms with E-state index >= 15 is 0 Å². The molecule has 2 N–H and O–H groups in total. The van der Waals surface area contributed by atoms with Crippen molar-refractivity contribution in [2.45, 2.75) is 6.54 Å². The molecule has 5 rings (SSSR count). The molecular weight excluding hydrogens is 390 g/mol. The maximum absolute atomic E-state index is 13.2. The summed E-state index contributed by atoms with van der Waals surface area (Å²) in [5.74, 6) is -0.335. The second kappa shape index (κ2) is 7.87. The maximum atomic E-state index is 13.2. The quantitative estimate of drug-likeness (QED) is 0.531. The number of H-pyrrole nitrogens is 1. The zero-order valence-electron chi connectivity index (χ0n) is 16.6. The molecule has 1 aliphatic rings. The van der Waals surface area contributed by atoms with E-state index in [0.717, 1.165) is 16.9 Å². The predicted molar refractivity (Wildman–Crippen MR) is 117 cm³/mol. The van der Waals surface area contributed by atoms with Crippen LogP contribution in [0.3, 0.4) is 0 Å². The minimum absolute atomic E-state index is 0.0117. The van der Waals surface area contributed by atoms with Crippen LogP contribution >= 0.6 is 0 Å². The first-order valence-corrected chi connectivity index (χ1v) is 9.90. The summed E-state index contributed by atoms with van der Waals surface area (Å²) >= 11 is 0. The summed E-state index contributed by atoms with van der Waals surface area (Å²) < 4.78 is 0. The first-order chi connectivity index (χ1) is 15.2. The summed E-state index contributed by atoms with van der Waals surface area (Å²) in [4.78, 5) is 39.1. The van der Waals surface area contributed by atoms with Crippen molar-refractivity contribution in [3.8, 4) is 11.3 Å². The van der Waals surface area contributed by atoms with Crippen molar-refractivity contribution >= 4 is 23.1 Å². The van der Waals surface area contributed by atoms with E-state index in [1.54, 1.807) is 35.6 Å². The van der Waals surface area contributed by atoms with Crippen LogP contribution in [0.25, 0.3) is 11.3 Å². The van der Waals surface area contributed by atoms with Gasteiger partial charge in [0.2, 0.25) is 0 Å². The van der Waals surface area contributed by atoms with E-state index in [9.17, 15) is 9.59 Å². The molecule has 0 aliphatic carbocycles. The van der Waals surface area contributed by atoms with Crippen molar-refractivity contribution in [2.24, 2.45) is 0 Å². The summed E-state index contributed by atoms with van der Waals surface area (Å²) in [5, 5.41) is 3.40. The second-order valence-electron chi connectivity index (χ2n) is 7.28. The molecule has 4 aromatic rings. The van der Waals surface area contributed by atoms with Crippen LogP contribution in [0.15, 0.2) is 79.4 Å². The highest BCUT2D eigenvalue weighted by molar-refractivity contribution is 6.10. The fourth-order valence-corrected chi connectivity index (χ4v) is 3.82. The number of anilines is 2. The third kappa shape index (κ3) is 3.57. The lowest BCUT2D eigenvalue weighted by molar-refractivity contribution is 0.0677. The van der Waals surface area contributed by atoms with Gasteiger partial charge in [-0.05, 0) is 36.4 Å². The van der Waals surface area contributed by atoms with Gasteiger partial charge in [0.25, 0.3) is 5.91 Å². The van der Waals surface area contributed by atoms with Gasteiger partial charge in [0.1, 0.15) is 0 Å². The molecule has 1 aliphatic heterocycles. The highest BCUT2D eigenvalue weighted by atomic mass is 16.2. The van der Waals surface area contributed by atoms with Crippen molar-refractivity contribution in [2.75, 3.05) is 11.9 Å². The Morgan fingerprint density at radius 2 is 1.74 bits per heavy atom. The zero-order chi connectivity index (χ0) is 21.2. The highest BCUT2D eigenvalue weighted by Crippen LogP contribution is 2.38. The second-order valence-corrected chi connectivity index (χ2v) is 7.28. The SMILES string of the molecule is O=C1CN(C(=O)c2cccnc2)Cc2[nH]c(-c3ccncc3)c(Nc3ccccc3)c21. The molecule has 0 unspecified atom stereocenters. The molecule has 0 atom stereocenters. The van der Waals surface area contributed by atoms with Gasteiger partial charge in [-0.1, -0.05) is 18.2 Å². The average Bonchev–Trinajstić information content (AvgIpc) is 3.19. The fraction of sp³-hybridized carbons (Fsp3) is 0.0833. The van der Waals surface area contributed by atoms with Gasteiger partial charge in [-0.15, -0.1) is 0 Å². The molecule has 0 saturated heterocycles. The molecule has 0 saturated carbocycles. The number of pyridine rings is 2. The minimum Gasteiger partial charge on any atom is -0.355 e. The van der Waals surface area contributed by atoms with Crippen molar-refractivity contribution in [3.05, 3.63) is 96.2 Å². The largest absolute Gasteiger partial charge is 0.355 e. The molecule has 3 aromatic heterocycles. The topological polar surface area (TPSA) is 91.0 Å². The monoisotopic (exact) mass is 409 g/mol. The standard InChI is InChI=1S/C24H19N5O2/c30-20-15-29(24(31)17-5-4-10-26-13-17)14-19-21(20)23(27-18-6-2-1-3-7-18)22(28-19)16-8-11-25-12-9-16/h1-13,27-28H,14-15H2. The first-order valence-electron chi connectivity index (χ1n) is 9.90. The van der Waals surface area contributed by atoms with Gasteiger partial charge >= 0.3 is 0 Å². The van der Waals surface area contributed by atoms with Gasteiger partial charge in [-0.2, -0.15) is 0 Å². The molecule has 0 bridgehead atoms. The summed E-state index contributed by atoms with van der Waals surface area (Å²) in [5.41, 5.74) is 5.04. The number of nitrogens with zero attached hydrogens (tertiary/aromatic N) is 3. The van der Waals surface area contributed by atoms with Gasteiger partial charge in [0, 0.05) is 41.7 Å². The number of carbonyl (C=O) groups excluding carboxylic acids is 2. The number of carbonyl (C=O) groups is 2. The van der Waals surface area contributed by atoms with Crippen LogP contribution in [0.2, 0.25) is 0 Å². The van der Waals surface area contributed by atoms with Gasteiger partial charge in [-0.25, -0.2) is 0 Å². The molecule has 4 heterocycles. The normalized spacial score (nSPS) is 13.0. The van der Waals surface area contributed by atoms with Gasteiger partial charge < -0.3 is 15.2 Å². The van der Waals surface area contributed by atoms with Gasteiger partial charge in [-0.3, -0.25) is 19.6 Å². The lowest BCUT2D eigenvalue weighted by atomic mass is 10.0. The van der Waals surface area contributed by atoms with Crippen molar-refractivity contribution < 1.29 is 9.59 Å². The fourth-order valence-electron chi connectivity index (χ4n) is 3.82. The molecular formula is C24H19N5O2. The number of benzene rings is 1. The summed E-state index contributed by atoms with van der Waals surface area (Å²) in [7, 11) is 0. The number of hydrogen-bond donors (Lipinski definition) is 2. The summed E-state index contributed by atoms with van der Waals surface area (Å²) in [6.45, 7) is 0.321. The van der Waals surface area contributed by atoms with Crippen molar-refractivity contribution in [1.82, 2.24) is 19.9 Å². The van der Waals surface area contributed by atoms with E-state index in [-0.39, 0.29) is 18.2 Å². The Labute approximate surface area is 178 Å². The lowest BCUT2D eigenvalue weighted by Crippen LogP contribution is -2.39. The third-order valence-electron chi connectivity index (χ3n) is 5.25. The number of ketones is 1. The predicted octanol–water partition coefficient (Wildman–Crippen LogP) is 4.05. The number of hydrogen-bond acceptors (Lipinski definition) is 5. The van der Waals surface area contributed by atoms with Crippen LogP contribution < -0.4 is 5.32 Å². The lowest BCUT2D eigenvalue weighted by Gasteiger charge is -2.26. The van der Waals surface area contributed by atoms with E-state index in [4.69, 9.17) is 0 Å². The molecule has 1 amide bonds. The number of aromatic nitrogens is 3. The van der Waals surface area contributed by atoms with E-state index < -0.39 is 0 Å². The Morgan fingerprint density at radius 3 is 2.48 bits per heavy atom. The Hall–Kier alpha value is -4.26. The zero-order valence-corrected chi connectivity index (χ0v) is 16.6. The molecule has 0 spiro atoms. The van der Waals surface area contributed by atoms with E-state index in [1.165, 1.54) is 6.20 Å². The first kappa shape index (κ1) is 18.7. The number of Topliss-reactive ketones (excluding diaryl/α,β-unsaturated/α-hetero) is 1. The number of amides is 1. The third-order valence-corrected chi connectivity index (χ3v) is 5.25. The number of aromatic amines is 1. The van der Waals surface area contributed by atoms with E-state index in [2.05, 4.69) is 20.3 Å². The maximum Gasteiger partial charge on any atom is 0.256 e. The van der Waals surface area contributed by atoms with Crippen molar-refractivity contribution in [1.29, 1.82) is 0 Å². The summed E-state index contributed by atoms with van der Waals surface area (Å²) in [6, 6.07) is 16.9. The Bertz CT molecular complexity index is 1240. The smallest absolute Gasteiger partial charge is 0.256 e.